The fourth-order valence-electron chi connectivity index (χ4n) is 4.14. The van der Waals surface area contributed by atoms with Crippen LogP contribution < -0.4 is 9.73 Å². The summed E-state index contributed by atoms with van der Waals surface area (Å²) in [5.74, 6) is -0.433. The van der Waals surface area contributed by atoms with E-state index in [2.05, 4.69) is 10.5 Å². The zero-order valence-corrected chi connectivity index (χ0v) is 24.4. The predicted octanol–water partition coefficient (Wildman–Crippen LogP) is 6.78. The molecule has 0 bridgehead atoms. The van der Waals surface area contributed by atoms with E-state index in [0.29, 0.717) is 26.3 Å². The van der Waals surface area contributed by atoms with Crippen LogP contribution in [0, 0.1) is 13.8 Å². The molecule has 11 heteroatoms. The summed E-state index contributed by atoms with van der Waals surface area (Å²) in [6.07, 6.45) is 2.70. The molecule has 0 saturated heterocycles. The Kier molecular flexibility index (Phi) is 8.71. The molecular weight excluding hydrogens is 579 g/mol. The van der Waals surface area contributed by atoms with Crippen LogP contribution >= 0.6 is 34.8 Å². The first kappa shape index (κ1) is 28.7. The highest BCUT2D eigenvalue weighted by Crippen LogP contribution is 2.26. The van der Waals surface area contributed by atoms with Crippen LogP contribution in [0.5, 0.6) is 0 Å². The van der Waals surface area contributed by atoms with Crippen molar-refractivity contribution in [2.24, 2.45) is 5.10 Å². The third-order valence-corrected chi connectivity index (χ3v) is 7.83. The number of carbonyl (C=O) groups excluding carboxylic acids is 1. The molecule has 0 saturated carbocycles. The number of benzene rings is 3. The van der Waals surface area contributed by atoms with Crippen molar-refractivity contribution in [1.29, 1.82) is 0 Å². The van der Waals surface area contributed by atoms with Gasteiger partial charge in [-0.3, -0.25) is 9.10 Å². The van der Waals surface area contributed by atoms with Crippen LogP contribution in [0.4, 0.5) is 5.69 Å². The van der Waals surface area contributed by atoms with Crippen LogP contribution in [0.15, 0.2) is 77.9 Å². The molecule has 0 fully saturated rings. The minimum atomic E-state index is -3.58. The van der Waals surface area contributed by atoms with E-state index in [1.54, 1.807) is 60.8 Å². The molecule has 0 atom stereocenters. The molecule has 0 unspecified atom stereocenters. The van der Waals surface area contributed by atoms with E-state index in [4.69, 9.17) is 34.8 Å². The molecule has 1 amide bonds. The van der Waals surface area contributed by atoms with Gasteiger partial charge >= 0.3 is 0 Å². The van der Waals surface area contributed by atoms with Gasteiger partial charge < -0.3 is 4.57 Å². The molecule has 0 aliphatic heterocycles. The number of carbonyl (C=O) groups is 1. The van der Waals surface area contributed by atoms with Crippen molar-refractivity contribution in [3.05, 3.63) is 116 Å². The van der Waals surface area contributed by atoms with Crippen LogP contribution in [0.1, 0.15) is 32.9 Å². The Balaban J connectivity index is 1.47. The lowest BCUT2D eigenvalue weighted by Gasteiger charge is -2.22. The molecule has 0 radical (unpaired) electrons. The van der Waals surface area contributed by atoms with Crippen LogP contribution in [-0.4, -0.2) is 31.4 Å². The zero-order valence-electron chi connectivity index (χ0n) is 21.3. The first-order valence-corrected chi connectivity index (χ1v) is 14.7. The highest BCUT2D eigenvalue weighted by molar-refractivity contribution is 7.92. The Bertz CT molecular complexity index is 1630. The predicted molar refractivity (Wildman–Crippen MR) is 159 cm³/mol. The quantitative estimate of drug-likeness (QED) is 0.178. The molecule has 1 N–H and O–H groups in total. The summed E-state index contributed by atoms with van der Waals surface area (Å²) in [6.45, 7) is 4.01. The van der Waals surface area contributed by atoms with Gasteiger partial charge in [0.25, 0.3) is 5.91 Å². The van der Waals surface area contributed by atoms with Gasteiger partial charge in [0.05, 0.1) is 24.7 Å². The molecule has 3 aromatic carbocycles. The number of nitrogens with zero attached hydrogens (tertiary/aromatic N) is 3. The van der Waals surface area contributed by atoms with Crippen LogP contribution in [0.2, 0.25) is 15.1 Å². The molecule has 4 aromatic rings. The monoisotopic (exact) mass is 602 g/mol. The van der Waals surface area contributed by atoms with Crippen molar-refractivity contribution in [1.82, 2.24) is 9.99 Å². The molecule has 0 aliphatic carbocycles. The van der Waals surface area contributed by atoms with E-state index < -0.39 is 15.9 Å². The second-order valence-corrected chi connectivity index (χ2v) is 12.1. The summed E-state index contributed by atoms with van der Waals surface area (Å²) >= 11 is 18.3. The summed E-state index contributed by atoms with van der Waals surface area (Å²) in [5, 5.41) is 5.74. The van der Waals surface area contributed by atoms with Gasteiger partial charge in [0.2, 0.25) is 10.0 Å². The number of hydrogen-bond donors (Lipinski definition) is 1. The van der Waals surface area contributed by atoms with Gasteiger partial charge in [0, 0.05) is 43.3 Å². The minimum absolute atomic E-state index is 0.131. The first-order valence-electron chi connectivity index (χ1n) is 11.7. The van der Waals surface area contributed by atoms with Gasteiger partial charge in [-0.15, -0.1) is 0 Å². The highest BCUT2D eigenvalue weighted by atomic mass is 35.5. The number of anilines is 1. The van der Waals surface area contributed by atoms with Crippen molar-refractivity contribution in [3.63, 3.8) is 0 Å². The second-order valence-electron chi connectivity index (χ2n) is 8.93. The van der Waals surface area contributed by atoms with E-state index in [0.717, 1.165) is 34.5 Å². The number of sulfonamides is 1. The van der Waals surface area contributed by atoms with Gasteiger partial charge in [0.15, 0.2) is 0 Å². The van der Waals surface area contributed by atoms with Crippen molar-refractivity contribution in [2.45, 2.75) is 20.4 Å². The summed E-state index contributed by atoms with van der Waals surface area (Å²) in [4.78, 5) is 12.7. The fourth-order valence-corrected chi connectivity index (χ4v) is 5.67. The minimum Gasteiger partial charge on any atom is -0.318 e. The summed E-state index contributed by atoms with van der Waals surface area (Å²) in [5.41, 5.74) is 7.54. The largest absolute Gasteiger partial charge is 0.318 e. The highest BCUT2D eigenvalue weighted by Gasteiger charge is 2.18. The van der Waals surface area contributed by atoms with Gasteiger partial charge in [-0.1, -0.05) is 46.9 Å². The zero-order chi connectivity index (χ0) is 28.3. The van der Waals surface area contributed by atoms with Crippen molar-refractivity contribution in [3.8, 4) is 5.69 Å². The van der Waals surface area contributed by atoms with Crippen LogP contribution in [0.25, 0.3) is 5.69 Å². The topological polar surface area (TPSA) is 83.8 Å². The number of aromatic nitrogens is 1. The Morgan fingerprint density at radius 2 is 1.54 bits per heavy atom. The van der Waals surface area contributed by atoms with E-state index in [1.165, 1.54) is 4.31 Å². The Hall–Kier alpha value is -3.30. The molecule has 1 heterocycles. The maximum Gasteiger partial charge on any atom is 0.271 e. The van der Waals surface area contributed by atoms with Crippen LogP contribution in [0.3, 0.4) is 0 Å². The molecule has 202 valence electrons. The Morgan fingerprint density at radius 1 is 0.923 bits per heavy atom. The van der Waals surface area contributed by atoms with Gasteiger partial charge in [-0.05, 0) is 80.1 Å². The maximum absolute atomic E-state index is 12.7. The van der Waals surface area contributed by atoms with Gasteiger partial charge in [-0.25, -0.2) is 13.8 Å². The molecule has 4 rings (SSSR count). The summed E-state index contributed by atoms with van der Waals surface area (Å²) in [6, 6.07) is 20.5. The fraction of sp³-hybridized carbons (Fsp3) is 0.143. The Labute approximate surface area is 242 Å². The van der Waals surface area contributed by atoms with E-state index in [9.17, 15) is 13.2 Å². The number of amides is 1. The number of halogens is 3. The lowest BCUT2D eigenvalue weighted by atomic mass is 10.2. The molecular formula is C28H25Cl3N4O3S. The molecule has 39 heavy (non-hydrogen) atoms. The van der Waals surface area contributed by atoms with Gasteiger partial charge in [0.1, 0.15) is 0 Å². The van der Waals surface area contributed by atoms with E-state index in [1.807, 2.05) is 36.6 Å². The van der Waals surface area contributed by atoms with E-state index >= 15 is 0 Å². The second kappa shape index (κ2) is 11.8. The summed E-state index contributed by atoms with van der Waals surface area (Å²) < 4.78 is 28.2. The van der Waals surface area contributed by atoms with Gasteiger partial charge in [-0.2, -0.15) is 5.10 Å². The molecule has 0 aliphatic rings. The number of hydrogen-bond acceptors (Lipinski definition) is 4. The summed E-state index contributed by atoms with van der Waals surface area (Å²) in [7, 11) is -3.58. The number of hydrazone groups is 1. The number of rotatable bonds is 8. The third-order valence-electron chi connectivity index (χ3n) is 6.00. The molecule has 1 aromatic heterocycles. The van der Waals surface area contributed by atoms with Crippen molar-refractivity contribution in [2.75, 3.05) is 10.6 Å². The van der Waals surface area contributed by atoms with Crippen molar-refractivity contribution >= 4 is 62.6 Å². The van der Waals surface area contributed by atoms with Crippen molar-refractivity contribution < 1.29 is 13.2 Å². The first-order chi connectivity index (χ1) is 18.4. The SMILES string of the molecule is Cc1cc(/C=N\NC(=O)c2ccc(N(Cc3ccc(Cl)cc3)S(C)(=O)=O)cc2)c(C)n1-c1cc(Cl)cc(Cl)c1. The average Bonchev–Trinajstić information content (AvgIpc) is 3.15. The van der Waals surface area contributed by atoms with E-state index in [-0.39, 0.29) is 6.54 Å². The average molecular weight is 604 g/mol. The lowest BCUT2D eigenvalue weighted by molar-refractivity contribution is 0.0955. The molecule has 0 spiro atoms. The number of nitrogens with one attached hydrogen (secondary N) is 1. The Morgan fingerprint density at radius 3 is 2.13 bits per heavy atom. The number of aryl methyl sites for hydroxylation is 1. The molecule has 7 nitrogen and oxygen atoms in total. The smallest absolute Gasteiger partial charge is 0.271 e. The maximum atomic E-state index is 12.7. The van der Waals surface area contributed by atoms with Crippen LogP contribution in [-0.2, 0) is 16.6 Å². The third kappa shape index (κ3) is 7.02. The lowest BCUT2D eigenvalue weighted by Crippen LogP contribution is -2.29. The standard InChI is InChI=1S/C28H25Cl3N4O3S/c1-18-12-22(19(2)35(18)27-14-24(30)13-25(31)15-27)16-32-33-28(36)21-6-10-26(11-7-21)34(39(3,37)38)17-20-4-8-23(29)9-5-20/h4-16H,17H2,1-3H3,(H,33,36)/b32-16-. The normalized spacial score (nSPS) is 11.6.